The molecule has 0 spiro atoms. The van der Waals surface area contributed by atoms with E-state index in [1.807, 2.05) is 0 Å². The Labute approximate surface area is 93.6 Å². The maximum absolute atomic E-state index is 13.3. The molecule has 0 amide bonds. The van der Waals surface area contributed by atoms with E-state index < -0.39 is 11.6 Å². The maximum atomic E-state index is 13.3. The van der Waals surface area contributed by atoms with Crippen LogP contribution in [0, 0.1) is 11.6 Å². The van der Waals surface area contributed by atoms with Crippen LogP contribution in [0.25, 0.3) is 0 Å². The molecule has 88 valence electrons. The number of rotatable bonds is 4. The van der Waals surface area contributed by atoms with Crippen molar-refractivity contribution in [3.8, 4) is 0 Å². The zero-order chi connectivity index (χ0) is 11.4. The van der Waals surface area contributed by atoms with Crippen molar-refractivity contribution in [3.05, 3.63) is 35.4 Å². The first kappa shape index (κ1) is 11.5. The molecule has 2 rings (SSSR count). The van der Waals surface area contributed by atoms with Crippen LogP contribution >= 0.6 is 0 Å². The van der Waals surface area contributed by atoms with Gasteiger partial charge in [-0.15, -0.1) is 0 Å². The lowest BCUT2D eigenvalue weighted by molar-refractivity contribution is 0.190. The van der Waals surface area contributed by atoms with Crippen molar-refractivity contribution in [1.82, 2.24) is 5.32 Å². The van der Waals surface area contributed by atoms with Gasteiger partial charge in [-0.3, -0.25) is 0 Å². The van der Waals surface area contributed by atoms with Gasteiger partial charge in [-0.25, -0.2) is 8.78 Å². The Morgan fingerprint density at radius 3 is 2.69 bits per heavy atom. The number of hydrogen-bond acceptors (Lipinski definition) is 2. The summed E-state index contributed by atoms with van der Waals surface area (Å²) in [6, 6.07) is 4.29. The molecule has 0 bridgehead atoms. The molecule has 1 aromatic rings. The van der Waals surface area contributed by atoms with Crippen LogP contribution in [0.1, 0.15) is 12.0 Å². The van der Waals surface area contributed by atoms with Crippen LogP contribution in [0.5, 0.6) is 0 Å². The molecule has 0 aliphatic carbocycles. The van der Waals surface area contributed by atoms with Crippen molar-refractivity contribution in [3.63, 3.8) is 0 Å². The summed E-state index contributed by atoms with van der Waals surface area (Å²) >= 11 is 0. The van der Waals surface area contributed by atoms with E-state index in [2.05, 4.69) is 5.32 Å². The molecule has 0 radical (unpaired) electrons. The minimum absolute atomic E-state index is 0.161. The van der Waals surface area contributed by atoms with Crippen LogP contribution < -0.4 is 5.32 Å². The molecule has 1 atom stereocenters. The Morgan fingerprint density at radius 1 is 1.31 bits per heavy atom. The fourth-order valence-electron chi connectivity index (χ4n) is 1.87. The summed E-state index contributed by atoms with van der Waals surface area (Å²) in [6.07, 6.45) is 1.34. The highest BCUT2D eigenvalue weighted by Crippen LogP contribution is 2.12. The van der Waals surface area contributed by atoms with Crippen molar-refractivity contribution in [1.29, 1.82) is 0 Å². The second kappa shape index (κ2) is 5.37. The minimum atomic E-state index is -0.468. The largest absolute Gasteiger partial charge is 0.380 e. The van der Waals surface area contributed by atoms with Gasteiger partial charge < -0.3 is 10.1 Å². The van der Waals surface area contributed by atoms with E-state index in [9.17, 15) is 8.78 Å². The van der Waals surface area contributed by atoms with Crippen LogP contribution in [-0.2, 0) is 11.2 Å². The number of nitrogens with one attached hydrogen (secondary N) is 1. The molecule has 16 heavy (non-hydrogen) atoms. The molecule has 1 heterocycles. The molecule has 1 aliphatic rings. The summed E-state index contributed by atoms with van der Waals surface area (Å²) in [5.41, 5.74) is 0.161. The van der Waals surface area contributed by atoms with E-state index >= 15 is 0 Å². The summed E-state index contributed by atoms with van der Waals surface area (Å²) in [5.74, 6) is -0.936. The van der Waals surface area contributed by atoms with Crippen LogP contribution in [0.15, 0.2) is 18.2 Å². The van der Waals surface area contributed by atoms with Gasteiger partial charge in [0.2, 0.25) is 0 Å². The topological polar surface area (TPSA) is 21.3 Å². The minimum Gasteiger partial charge on any atom is -0.380 e. The van der Waals surface area contributed by atoms with E-state index in [0.29, 0.717) is 25.6 Å². The molecule has 1 fully saturated rings. The van der Waals surface area contributed by atoms with Gasteiger partial charge in [-0.2, -0.15) is 0 Å². The van der Waals surface area contributed by atoms with E-state index in [4.69, 9.17) is 4.74 Å². The van der Waals surface area contributed by atoms with Gasteiger partial charge in [0, 0.05) is 18.2 Å². The predicted octanol–water partition coefficient (Wildman–Crippen LogP) is 1.89. The highest BCUT2D eigenvalue weighted by Gasteiger charge is 2.15. The summed E-state index contributed by atoms with van der Waals surface area (Å²) in [5, 5.41) is 3.23. The Balaban J connectivity index is 1.84. The molecule has 2 nitrogen and oxygen atoms in total. The smallest absolute Gasteiger partial charge is 0.129 e. The van der Waals surface area contributed by atoms with Gasteiger partial charge in [0.15, 0.2) is 0 Å². The lowest BCUT2D eigenvalue weighted by atomic mass is 10.1. The van der Waals surface area contributed by atoms with Crippen LogP contribution in [0.4, 0.5) is 8.78 Å². The van der Waals surface area contributed by atoms with Gasteiger partial charge >= 0.3 is 0 Å². The number of halogens is 2. The van der Waals surface area contributed by atoms with Crippen molar-refractivity contribution < 1.29 is 13.5 Å². The zero-order valence-electron chi connectivity index (χ0n) is 9.01. The molecule has 0 aromatic heterocycles. The van der Waals surface area contributed by atoms with Crippen LogP contribution in [0.3, 0.4) is 0 Å². The molecule has 4 heteroatoms. The zero-order valence-corrected chi connectivity index (χ0v) is 9.01. The van der Waals surface area contributed by atoms with E-state index in [-0.39, 0.29) is 5.56 Å². The monoisotopic (exact) mass is 227 g/mol. The fraction of sp³-hybridized carbons (Fsp3) is 0.500. The van der Waals surface area contributed by atoms with E-state index in [1.54, 1.807) is 0 Å². The van der Waals surface area contributed by atoms with Crippen molar-refractivity contribution >= 4 is 0 Å². The first-order valence-corrected chi connectivity index (χ1v) is 5.51. The maximum Gasteiger partial charge on any atom is 0.129 e. The molecule has 1 saturated heterocycles. The molecule has 1 unspecified atom stereocenters. The van der Waals surface area contributed by atoms with Crippen LogP contribution in [-0.4, -0.2) is 25.8 Å². The second-order valence-electron chi connectivity index (χ2n) is 3.96. The summed E-state index contributed by atoms with van der Waals surface area (Å²) in [4.78, 5) is 0. The quantitative estimate of drug-likeness (QED) is 0.848. The third-order valence-electron chi connectivity index (χ3n) is 2.80. The average molecular weight is 227 g/mol. The Kier molecular flexibility index (Phi) is 3.85. The standard InChI is InChI=1S/C12H15F2NO/c13-11-2-1-3-12(14)10(11)4-6-15-9-5-7-16-8-9/h1-3,9,15H,4-8H2. The SMILES string of the molecule is Fc1cccc(F)c1CCNC1CCOC1. The first-order valence-electron chi connectivity index (χ1n) is 5.51. The Bertz CT molecular complexity index is 331. The second-order valence-corrected chi connectivity index (χ2v) is 3.96. The first-order chi connectivity index (χ1) is 7.77. The third-order valence-corrected chi connectivity index (χ3v) is 2.80. The highest BCUT2D eigenvalue weighted by molar-refractivity contribution is 5.19. The van der Waals surface area contributed by atoms with Crippen molar-refractivity contribution in [2.24, 2.45) is 0 Å². The van der Waals surface area contributed by atoms with Gasteiger partial charge in [0.1, 0.15) is 11.6 Å². The van der Waals surface area contributed by atoms with Gasteiger partial charge in [-0.05, 0) is 31.5 Å². The molecule has 1 aromatic carbocycles. The Hall–Kier alpha value is -1.00. The molecular weight excluding hydrogens is 212 g/mol. The molecule has 1 N–H and O–H groups in total. The summed E-state index contributed by atoms with van der Waals surface area (Å²) < 4.78 is 31.7. The van der Waals surface area contributed by atoms with Gasteiger partial charge in [0.25, 0.3) is 0 Å². The average Bonchev–Trinajstić information content (AvgIpc) is 2.75. The lowest BCUT2D eigenvalue weighted by Crippen LogP contribution is -2.31. The fourth-order valence-corrected chi connectivity index (χ4v) is 1.87. The third kappa shape index (κ3) is 2.77. The van der Waals surface area contributed by atoms with E-state index in [0.717, 1.165) is 13.0 Å². The predicted molar refractivity (Wildman–Crippen MR) is 57.3 cm³/mol. The van der Waals surface area contributed by atoms with E-state index in [1.165, 1.54) is 18.2 Å². The van der Waals surface area contributed by atoms with Crippen molar-refractivity contribution in [2.75, 3.05) is 19.8 Å². The highest BCUT2D eigenvalue weighted by atomic mass is 19.1. The Morgan fingerprint density at radius 2 is 2.06 bits per heavy atom. The van der Waals surface area contributed by atoms with Crippen LogP contribution in [0.2, 0.25) is 0 Å². The van der Waals surface area contributed by atoms with Gasteiger partial charge in [0.05, 0.1) is 6.61 Å². The number of hydrogen-bond donors (Lipinski definition) is 1. The molecule has 0 saturated carbocycles. The number of ether oxygens (including phenoxy) is 1. The molecular formula is C12H15F2NO. The normalized spacial score (nSPS) is 20.2. The summed E-state index contributed by atoms with van der Waals surface area (Å²) in [6.45, 7) is 2.04. The van der Waals surface area contributed by atoms with Gasteiger partial charge in [-0.1, -0.05) is 6.07 Å². The summed E-state index contributed by atoms with van der Waals surface area (Å²) in [7, 11) is 0. The van der Waals surface area contributed by atoms with Crippen molar-refractivity contribution in [2.45, 2.75) is 18.9 Å². The molecule has 1 aliphatic heterocycles. The lowest BCUT2D eigenvalue weighted by Gasteiger charge is -2.10. The number of benzene rings is 1.